The summed E-state index contributed by atoms with van der Waals surface area (Å²) in [5, 5.41) is -0.674. The van der Waals surface area contributed by atoms with E-state index in [-0.39, 0.29) is 6.61 Å². The summed E-state index contributed by atoms with van der Waals surface area (Å²) in [5.41, 5.74) is 1.66. The van der Waals surface area contributed by atoms with E-state index in [2.05, 4.69) is 20.7 Å². The molecule has 106 valence electrons. The first-order valence-corrected chi connectivity index (χ1v) is 6.83. The number of hydrogen-bond donors (Lipinski definition) is 0. The van der Waals surface area contributed by atoms with E-state index in [9.17, 15) is 13.2 Å². The minimum absolute atomic E-state index is 0.215. The Morgan fingerprint density at radius 3 is 2.84 bits per heavy atom. The van der Waals surface area contributed by atoms with Gasteiger partial charge in [0.2, 0.25) is 0 Å². The van der Waals surface area contributed by atoms with Gasteiger partial charge >= 0.3 is 6.18 Å². The number of ether oxygens (including phenoxy) is 2. The third-order valence-electron chi connectivity index (χ3n) is 2.64. The van der Waals surface area contributed by atoms with Gasteiger partial charge in [-0.05, 0) is 17.7 Å². The molecule has 1 atom stereocenters. The highest BCUT2D eigenvalue weighted by Gasteiger charge is 2.29. The van der Waals surface area contributed by atoms with Crippen LogP contribution < -0.4 is 4.74 Å². The molecule has 0 saturated heterocycles. The molecule has 19 heavy (non-hydrogen) atoms. The predicted molar refractivity (Wildman–Crippen MR) is 68.8 cm³/mol. The minimum atomic E-state index is -4.34. The Morgan fingerprint density at radius 2 is 2.16 bits per heavy atom. The van der Waals surface area contributed by atoms with Gasteiger partial charge in [-0.25, -0.2) is 0 Å². The molecule has 0 aromatic heterocycles. The molecule has 0 amide bonds. The molecule has 1 heterocycles. The van der Waals surface area contributed by atoms with Gasteiger partial charge in [-0.15, -0.1) is 11.6 Å². The number of rotatable bonds is 4. The van der Waals surface area contributed by atoms with Gasteiger partial charge in [0, 0.05) is 16.5 Å². The quantitative estimate of drug-likeness (QED) is 0.749. The molecular weight excluding hydrogens is 348 g/mol. The van der Waals surface area contributed by atoms with Crippen molar-refractivity contribution in [2.45, 2.75) is 18.0 Å². The minimum Gasteiger partial charge on any atom is -0.493 e. The summed E-state index contributed by atoms with van der Waals surface area (Å²) in [6.07, 6.45) is -3.57. The molecule has 0 saturated carbocycles. The molecule has 1 aromatic carbocycles. The lowest BCUT2D eigenvalue weighted by Gasteiger charge is -2.15. The van der Waals surface area contributed by atoms with Gasteiger partial charge in [-0.3, -0.25) is 0 Å². The number of benzene rings is 1. The van der Waals surface area contributed by atoms with E-state index in [1.807, 2.05) is 6.07 Å². The van der Waals surface area contributed by atoms with E-state index < -0.39 is 18.2 Å². The van der Waals surface area contributed by atoms with E-state index >= 15 is 0 Å². The van der Waals surface area contributed by atoms with E-state index in [0.717, 1.165) is 16.5 Å². The van der Waals surface area contributed by atoms with Crippen LogP contribution in [0.4, 0.5) is 13.2 Å². The van der Waals surface area contributed by atoms with Crippen molar-refractivity contribution in [3.8, 4) is 5.75 Å². The molecule has 1 unspecified atom stereocenters. The molecule has 0 bridgehead atoms. The maximum absolute atomic E-state index is 12.0. The van der Waals surface area contributed by atoms with Crippen LogP contribution in [0.5, 0.6) is 5.75 Å². The highest BCUT2D eigenvalue weighted by atomic mass is 79.9. The Bertz CT molecular complexity index is 465. The molecule has 0 N–H and O–H groups in total. The molecule has 2 rings (SSSR count). The van der Waals surface area contributed by atoms with Crippen molar-refractivity contribution in [2.75, 3.05) is 19.8 Å². The van der Waals surface area contributed by atoms with Crippen molar-refractivity contribution in [1.82, 2.24) is 0 Å². The normalized spacial score (nSPS) is 16.1. The third kappa shape index (κ3) is 4.00. The molecule has 0 fully saturated rings. The Balaban J connectivity index is 2.05. The van der Waals surface area contributed by atoms with Gasteiger partial charge in [0.15, 0.2) is 0 Å². The SMILES string of the molecule is FC(F)(F)COCC(Cl)c1cc(Br)cc2c1OCC2. The zero-order valence-electron chi connectivity index (χ0n) is 9.77. The average Bonchev–Trinajstić information content (AvgIpc) is 2.73. The largest absolute Gasteiger partial charge is 0.493 e. The zero-order chi connectivity index (χ0) is 14.0. The van der Waals surface area contributed by atoms with Crippen LogP contribution in [0.25, 0.3) is 0 Å². The number of alkyl halides is 4. The van der Waals surface area contributed by atoms with Crippen molar-refractivity contribution in [2.24, 2.45) is 0 Å². The second kappa shape index (κ2) is 5.89. The van der Waals surface area contributed by atoms with Crippen molar-refractivity contribution in [1.29, 1.82) is 0 Å². The fraction of sp³-hybridized carbons (Fsp3) is 0.500. The van der Waals surface area contributed by atoms with Crippen LogP contribution in [-0.2, 0) is 11.2 Å². The predicted octanol–water partition coefficient (Wildman–Crippen LogP) is 4.24. The van der Waals surface area contributed by atoms with E-state index in [4.69, 9.17) is 16.3 Å². The molecular formula is C12H11BrClF3O2. The molecule has 0 radical (unpaired) electrons. The summed E-state index contributed by atoms with van der Waals surface area (Å²) < 4.78 is 46.9. The Hall–Kier alpha value is -0.460. The van der Waals surface area contributed by atoms with Gasteiger partial charge in [-0.1, -0.05) is 15.9 Å². The summed E-state index contributed by atoms with van der Waals surface area (Å²) >= 11 is 9.45. The number of fused-ring (bicyclic) bond motifs is 1. The van der Waals surface area contributed by atoms with Crippen LogP contribution in [0.3, 0.4) is 0 Å². The average molecular weight is 360 g/mol. The van der Waals surface area contributed by atoms with Gasteiger partial charge in [0.05, 0.1) is 18.6 Å². The van der Waals surface area contributed by atoms with Crippen LogP contribution in [0.15, 0.2) is 16.6 Å². The smallest absolute Gasteiger partial charge is 0.411 e. The summed E-state index contributed by atoms with van der Waals surface area (Å²) in [6, 6.07) is 3.67. The first-order chi connectivity index (χ1) is 8.87. The molecule has 0 spiro atoms. The molecule has 1 aromatic rings. The van der Waals surface area contributed by atoms with Crippen molar-refractivity contribution >= 4 is 27.5 Å². The van der Waals surface area contributed by atoms with Crippen molar-refractivity contribution in [3.63, 3.8) is 0 Å². The van der Waals surface area contributed by atoms with Crippen LogP contribution in [-0.4, -0.2) is 26.0 Å². The molecule has 1 aliphatic rings. The lowest BCUT2D eigenvalue weighted by molar-refractivity contribution is -0.173. The third-order valence-corrected chi connectivity index (χ3v) is 3.46. The number of halogens is 5. The molecule has 0 aliphatic carbocycles. The van der Waals surface area contributed by atoms with Gasteiger partial charge in [0.1, 0.15) is 12.4 Å². The van der Waals surface area contributed by atoms with Crippen LogP contribution in [0.1, 0.15) is 16.5 Å². The summed E-state index contributed by atoms with van der Waals surface area (Å²) in [7, 11) is 0. The Morgan fingerprint density at radius 1 is 1.42 bits per heavy atom. The van der Waals surface area contributed by atoms with E-state index in [1.54, 1.807) is 6.07 Å². The Kier molecular flexibility index (Phi) is 4.63. The van der Waals surface area contributed by atoms with Crippen molar-refractivity contribution < 1.29 is 22.6 Å². The maximum atomic E-state index is 12.0. The first kappa shape index (κ1) is 14.9. The lowest BCUT2D eigenvalue weighted by Crippen LogP contribution is -2.18. The van der Waals surface area contributed by atoms with Crippen LogP contribution >= 0.6 is 27.5 Å². The van der Waals surface area contributed by atoms with Crippen molar-refractivity contribution in [3.05, 3.63) is 27.7 Å². The van der Waals surface area contributed by atoms with Crippen LogP contribution in [0.2, 0.25) is 0 Å². The van der Waals surface area contributed by atoms with Gasteiger partial charge in [-0.2, -0.15) is 13.2 Å². The fourth-order valence-electron chi connectivity index (χ4n) is 1.90. The fourth-order valence-corrected chi connectivity index (χ4v) is 2.67. The number of hydrogen-bond acceptors (Lipinski definition) is 2. The maximum Gasteiger partial charge on any atom is 0.411 e. The molecule has 2 nitrogen and oxygen atoms in total. The monoisotopic (exact) mass is 358 g/mol. The first-order valence-electron chi connectivity index (χ1n) is 5.60. The van der Waals surface area contributed by atoms with Gasteiger partial charge in [0.25, 0.3) is 0 Å². The standard InChI is InChI=1S/C12H11BrClF3O2/c13-8-3-7-1-2-19-11(7)9(4-8)10(14)5-18-6-12(15,16)17/h3-4,10H,1-2,5-6H2. The highest BCUT2D eigenvalue weighted by Crippen LogP contribution is 2.38. The van der Waals surface area contributed by atoms with Gasteiger partial charge < -0.3 is 9.47 Å². The summed E-state index contributed by atoms with van der Waals surface area (Å²) in [4.78, 5) is 0. The second-order valence-corrected chi connectivity index (χ2v) is 5.62. The summed E-state index contributed by atoms with van der Waals surface area (Å²) in [5.74, 6) is 0.666. The zero-order valence-corrected chi connectivity index (χ0v) is 12.1. The topological polar surface area (TPSA) is 18.5 Å². The molecule has 7 heteroatoms. The molecule has 1 aliphatic heterocycles. The van der Waals surface area contributed by atoms with E-state index in [0.29, 0.717) is 17.9 Å². The second-order valence-electron chi connectivity index (χ2n) is 4.18. The van der Waals surface area contributed by atoms with Crippen LogP contribution in [0, 0.1) is 0 Å². The highest BCUT2D eigenvalue weighted by molar-refractivity contribution is 9.10. The van der Waals surface area contributed by atoms with E-state index in [1.165, 1.54) is 0 Å². The Labute approximate surface area is 122 Å². The lowest BCUT2D eigenvalue weighted by atomic mass is 10.1. The summed E-state index contributed by atoms with van der Waals surface area (Å²) in [6.45, 7) is -0.952.